The van der Waals surface area contributed by atoms with E-state index in [9.17, 15) is 0 Å². The van der Waals surface area contributed by atoms with Gasteiger partial charge in [-0.1, -0.05) is 152 Å². The van der Waals surface area contributed by atoms with E-state index < -0.39 is 0 Å². The summed E-state index contributed by atoms with van der Waals surface area (Å²) in [5.74, 6) is 1.19. The van der Waals surface area contributed by atoms with E-state index in [2.05, 4.69) is 72.8 Å². The third-order valence-electron chi connectivity index (χ3n) is 10.2. The standard InChI is InChI=1S/C53H35N7/c1-6-16-36(17-7-1)43-32-50(48-30-41(26-28-54-48)52-57-44(37-18-8-2-9-19-37)34-45(58-52)38-20-10-3-11-21-38)56-51(33-43)49-31-42(27-29-55-49)53-59-46(39-22-12-4-13-23-39)35-47(60-53)40-24-14-5-15-25-40/h1-35H. The fourth-order valence-corrected chi connectivity index (χ4v) is 7.19. The number of benzene rings is 5. The van der Waals surface area contributed by atoms with Gasteiger partial charge in [0.2, 0.25) is 0 Å². The van der Waals surface area contributed by atoms with Crippen LogP contribution >= 0.6 is 0 Å². The molecular weight excluding hydrogens is 735 g/mol. The number of hydrogen-bond acceptors (Lipinski definition) is 7. The molecule has 282 valence electrons. The molecule has 5 aromatic carbocycles. The number of rotatable bonds is 9. The van der Waals surface area contributed by atoms with Gasteiger partial charge in [0.1, 0.15) is 0 Å². The molecule has 0 bridgehead atoms. The summed E-state index contributed by atoms with van der Waals surface area (Å²) < 4.78 is 0. The summed E-state index contributed by atoms with van der Waals surface area (Å²) >= 11 is 0. The van der Waals surface area contributed by atoms with Crippen molar-refractivity contribution in [2.75, 3.05) is 0 Å². The number of pyridine rings is 3. The van der Waals surface area contributed by atoms with Crippen LogP contribution in [0.1, 0.15) is 0 Å². The fourth-order valence-electron chi connectivity index (χ4n) is 7.19. The molecule has 0 aliphatic rings. The Balaban J connectivity index is 1.09. The van der Waals surface area contributed by atoms with E-state index in [1.54, 1.807) is 12.4 Å². The molecule has 0 aliphatic carbocycles. The van der Waals surface area contributed by atoms with Crippen LogP contribution in [0.2, 0.25) is 0 Å². The van der Waals surface area contributed by atoms with Crippen LogP contribution in [0.15, 0.2) is 213 Å². The maximum atomic E-state index is 5.22. The molecule has 0 unspecified atom stereocenters. The molecule has 0 amide bonds. The lowest BCUT2D eigenvalue weighted by Crippen LogP contribution is -1.98. The molecule has 60 heavy (non-hydrogen) atoms. The number of hydrogen-bond donors (Lipinski definition) is 0. The van der Waals surface area contributed by atoms with Crippen LogP contribution in [0.3, 0.4) is 0 Å². The minimum atomic E-state index is 0.597. The van der Waals surface area contributed by atoms with Gasteiger partial charge in [0.15, 0.2) is 11.6 Å². The second-order valence-corrected chi connectivity index (χ2v) is 14.2. The molecule has 0 aliphatic heterocycles. The van der Waals surface area contributed by atoms with E-state index >= 15 is 0 Å². The Bertz CT molecular complexity index is 2770. The van der Waals surface area contributed by atoms with E-state index in [-0.39, 0.29) is 0 Å². The lowest BCUT2D eigenvalue weighted by molar-refractivity contribution is 1.17. The quantitative estimate of drug-likeness (QED) is 0.144. The van der Waals surface area contributed by atoms with E-state index in [4.69, 9.17) is 34.9 Å². The molecule has 7 heteroatoms. The summed E-state index contributed by atoms with van der Waals surface area (Å²) in [6.07, 6.45) is 3.59. The summed E-state index contributed by atoms with van der Waals surface area (Å²) in [4.78, 5) is 35.2. The van der Waals surface area contributed by atoms with Crippen LogP contribution in [0, 0.1) is 0 Å². The molecular formula is C53H35N7. The van der Waals surface area contributed by atoms with Gasteiger partial charge in [-0.15, -0.1) is 0 Å². The first kappa shape index (κ1) is 36.1. The number of aromatic nitrogens is 7. The zero-order valence-electron chi connectivity index (χ0n) is 32.3. The van der Waals surface area contributed by atoms with Crippen molar-refractivity contribution in [3.8, 4) is 102 Å². The minimum Gasteiger partial charge on any atom is -0.255 e. The van der Waals surface area contributed by atoms with E-state index in [0.717, 1.165) is 67.3 Å². The van der Waals surface area contributed by atoms with Crippen molar-refractivity contribution < 1.29 is 0 Å². The summed E-state index contributed by atoms with van der Waals surface area (Å²) in [6.45, 7) is 0. The Labute approximate surface area is 347 Å². The van der Waals surface area contributed by atoms with Gasteiger partial charge in [0.25, 0.3) is 0 Å². The summed E-state index contributed by atoms with van der Waals surface area (Å²) in [7, 11) is 0. The molecule has 0 fully saturated rings. The molecule has 5 aromatic heterocycles. The minimum absolute atomic E-state index is 0.597. The topological polar surface area (TPSA) is 90.2 Å². The normalized spacial score (nSPS) is 11.0. The van der Waals surface area contributed by atoms with Gasteiger partial charge >= 0.3 is 0 Å². The Morgan fingerprint density at radius 1 is 0.200 bits per heavy atom. The van der Waals surface area contributed by atoms with Crippen molar-refractivity contribution >= 4 is 0 Å². The average molecular weight is 770 g/mol. The van der Waals surface area contributed by atoms with Crippen molar-refractivity contribution in [3.63, 3.8) is 0 Å². The summed E-state index contributed by atoms with van der Waals surface area (Å²) in [5, 5.41) is 0. The lowest BCUT2D eigenvalue weighted by atomic mass is 10.0. The van der Waals surface area contributed by atoms with Crippen molar-refractivity contribution in [2.45, 2.75) is 0 Å². The average Bonchev–Trinajstić information content (AvgIpc) is 3.35. The maximum absolute atomic E-state index is 5.22. The summed E-state index contributed by atoms with van der Waals surface area (Å²) in [5.41, 5.74) is 13.8. The van der Waals surface area contributed by atoms with Crippen molar-refractivity contribution in [1.29, 1.82) is 0 Å². The van der Waals surface area contributed by atoms with Crippen LogP contribution < -0.4 is 0 Å². The summed E-state index contributed by atoms with van der Waals surface area (Å²) in [6, 6.07) is 67.2. The van der Waals surface area contributed by atoms with Gasteiger partial charge in [0.05, 0.1) is 45.6 Å². The zero-order valence-corrected chi connectivity index (χ0v) is 32.3. The molecule has 0 radical (unpaired) electrons. The third kappa shape index (κ3) is 7.71. The second-order valence-electron chi connectivity index (χ2n) is 14.2. The molecule has 0 atom stereocenters. The zero-order chi connectivity index (χ0) is 40.1. The van der Waals surface area contributed by atoms with E-state index in [1.807, 2.05) is 127 Å². The number of nitrogens with zero attached hydrogens (tertiary/aromatic N) is 7. The third-order valence-corrected chi connectivity index (χ3v) is 10.2. The fraction of sp³-hybridized carbons (Fsp3) is 0. The largest absolute Gasteiger partial charge is 0.255 e. The maximum Gasteiger partial charge on any atom is 0.160 e. The monoisotopic (exact) mass is 769 g/mol. The van der Waals surface area contributed by atoms with Crippen LogP contribution in [0.4, 0.5) is 0 Å². The first-order chi connectivity index (χ1) is 29.7. The first-order valence-corrected chi connectivity index (χ1v) is 19.7. The Hall–Kier alpha value is -8.29. The molecule has 10 aromatic rings. The Morgan fingerprint density at radius 2 is 0.500 bits per heavy atom. The highest BCUT2D eigenvalue weighted by Crippen LogP contribution is 2.34. The molecule has 0 N–H and O–H groups in total. The highest BCUT2D eigenvalue weighted by molar-refractivity contribution is 5.79. The molecule has 10 rings (SSSR count). The van der Waals surface area contributed by atoms with Crippen molar-refractivity contribution in [1.82, 2.24) is 34.9 Å². The van der Waals surface area contributed by atoms with E-state index in [0.29, 0.717) is 34.4 Å². The molecule has 0 saturated carbocycles. The van der Waals surface area contributed by atoms with Crippen LogP contribution in [0.25, 0.3) is 102 Å². The molecule has 7 nitrogen and oxygen atoms in total. The van der Waals surface area contributed by atoms with Crippen molar-refractivity contribution in [2.24, 2.45) is 0 Å². The van der Waals surface area contributed by atoms with Gasteiger partial charge < -0.3 is 0 Å². The predicted molar refractivity (Wildman–Crippen MR) is 240 cm³/mol. The first-order valence-electron chi connectivity index (χ1n) is 19.7. The molecule has 0 spiro atoms. The molecule has 5 heterocycles. The van der Waals surface area contributed by atoms with Gasteiger partial charge in [-0.2, -0.15) is 0 Å². The van der Waals surface area contributed by atoms with Gasteiger partial charge in [-0.25, -0.2) is 24.9 Å². The van der Waals surface area contributed by atoms with Crippen LogP contribution in [-0.4, -0.2) is 34.9 Å². The Kier molecular flexibility index (Phi) is 9.79. The molecule has 0 saturated heterocycles. The Morgan fingerprint density at radius 3 is 0.833 bits per heavy atom. The lowest BCUT2D eigenvalue weighted by Gasteiger charge is -2.12. The van der Waals surface area contributed by atoms with E-state index in [1.165, 1.54) is 0 Å². The smallest absolute Gasteiger partial charge is 0.160 e. The SMILES string of the molecule is c1ccc(-c2cc(-c3cc(-c4nc(-c5ccccc5)cc(-c5ccccc5)n4)ccn3)nc(-c3cc(-c4nc(-c5ccccc5)cc(-c5ccccc5)n4)ccn3)c2)cc1. The van der Waals surface area contributed by atoms with Crippen LogP contribution in [-0.2, 0) is 0 Å². The van der Waals surface area contributed by atoms with Gasteiger partial charge in [-0.3, -0.25) is 9.97 Å². The van der Waals surface area contributed by atoms with Crippen molar-refractivity contribution in [3.05, 3.63) is 213 Å². The van der Waals surface area contributed by atoms with Gasteiger partial charge in [-0.05, 0) is 59.7 Å². The highest BCUT2D eigenvalue weighted by atomic mass is 14.9. The highest BCUT2D eigenvalue weighted by Gasteiger charge is 2.17. The van der Waals surface area contributed by atoms with Crippen LogP contribution in [0.5, 0.6) is 0 Å². The predicted octanol–water partition coefficient (Wildman–Crippen LogP) is 12.5. The second kappa shape index (κ2) is 16.3. The van der Waals surface area contributed by atoms with Gasteiger partial charge in [0, 0.05) is 45.8 Å².